The summed E-state index contributed by atoms with van der Waals surface area (Å²) in [5, 5.41) is 5.44. The highest BCUT2D eigenvalue weighted by Gasteiger charge is 2.24. The van der Waals surface area contributed by atoms with Crippen molar-refractivity contribution < 1.29 is 19.1 Å². The first-order valence-corrected chi connectivity index (χ1v) is 12.3. The van der Waals surface area contributed by atoms with E-state index in [2.05, 4.69) is 10.6 Å². The number of hydrogen-bond donors (Lipinski definition) is 2. The Balaban J connectivity index is 1.98. The van der Waals surface area contributed by atoms with E-state index in [4.69, 9.17) is 4.74 Å². The van der Waals surface area contributed by atoms with Gasteiger partial charge in [0.15, 0.2) is 0 Å². The van der Waals surface area contributed by atoms with Crippen molar-refractivity contribution in [2.24, 2.45) is 5.92 Å². The molecule has 0 aliphatic carbocycles. The van der Waals surface area contributed by atoms with Crippen LogP contribution in [0.5, 0.6) is 0 Å². The first-order valence-electron chi connectivity index (χ1n) is 12.3. The Morgan fingerprint density at radius 2 is 1.44 bits per heavy atom. The van der Waals surface area contributed by atoms with Crippen molar-refractivity contribution in [3.63, 3.8) is 0 Å². The third-order valence-corrected chi connectivity index (χ3v) is 5.11. The number of hydrogen-bond acceptors (Lipinski definition) is 4. The van der Waals surface area contributed by atoms with Crippen LogP contribution in [-0.4, -0.2) is 41.0 Å². The van der Waals surface area contributed by atoms with Gasteiger partial charge in [0.2, 0.25) is 11.8 Å². The molecule has 194 valence electrons. The van der Waals surface area contributed by atoms with Gasteiger partial charge in [-0.2, -0.15) is 0 Å². The molecule has 0 aromatic heterocycles. The molecule has 2 N–H and O–H groups in total. The molecule has 7 heteroatoms. The van der Waals surface area contributed by atoms with Crippen molar-refractivity contribution in [2.45, 2.75) is 65.8 Å². The molecule has 0 fully saturated rings. The zero-order valence-electron chi connectivity index (χ0n) is 22.0. The number of rotatable bonds is 11. The summed E-state index contributed by atoms with van der Waals surface area (Å²) in [6, 6.07) is 18.9. The van der Waals surface area contributed by atoms with E-state index in [9.17, 15) is 14.4 Å². The third-order valence-electron chi connectivity index (χ3n) is 5.11. The monoisotopic (exact) mass is 493 g/mol. The Morgan fingerprint density at radius 1 is 0.917 bits per heavy atom. The summed E-state index contributed by atoms with van der Waals surface area (Å²) in [6.07, 6.45) is 2.94. The maximum Gasteiger partial charge on any atom is 0.408 e. The standard InChI is InChI=1S/C29H39N3O4/c1-22(2)19-25(31-28(35)36-29(3,4)5)27(34)30-18-12-17-26(33)32(20-23-13-8-6-9-14-23)21-24-15-10-7-11-16-24/h6-17,22,25H,18-21H2,1-5H3,(H,30,34)(H,31,35). The molecule has 1 unspecified atom stereocenters. The lowest BCUT2D eigenvalue weighted by atomic mass is 10.0. The molecule has 3 amide bonds. The van der Waals surface area contributed by atoms with E-state index >= 15 is 0 Å². The molecular formula is C29H39N3O4. The van der Waals surface area contributed by atoms with Gasteiger partial charge in [0.1, 0.15) is 11.6 Å². The zero-order valence-corrected chi connectivity index (χ0v) is 22.0. The minimum atomic E-state index is -0.725. The summed E-state index contributed by atoms with van der Waals surface area (Å²) in [5.41, 5.74) is 1.42. The molecule has 0 bridgehead atoms. The molecule has 0 radical (unpaired) electrons. The van der Waals surface area contributed by atoms with Crippen molar-refractivity contribution >= 4 is 17.9 Å². The average Bonchev–Trinajstić information content (AvgIpc) is 2.80. The van der Waals surface area contributed by atoms with Gasteiger partial charge in [-0.3, -0.25) is 9.59 Å². The van der Waals surface area contributed by atoms with Crippen LogP contribution in [0.3, 0.4) is 0 Å². The Hall–Kier alpha value is -3.61. The lowest BCUT2D eigenvalue weighted by Gasteiger charge is -2.24. The van der Waals surface area contributed by atoms with Gasteiger partial charge in [-0.05, 0) is 44.2 Å². The van der Waals surface area contributed by atoms with Gasteiger partial charge in [0, 0.05) is 25.7 Å². The summed E-state index contributed by atoms with van der Waals surface area (Å²) in [7, 11) is 0. The molecule has 36 heavy (non-hydrogen) atoms. The van der Waals surface area contributed by atoms with E-state index in [0.29, 0.717) is 19.5 Å². The van der Waals surface area contributed by atoms with Crippen LogP contribution in [0, 0.1) is 5.92 Å². The first-order chi connectivity index (χ1) is 17.0. The van der Waals surface area contributed by atoms with E-state index in [-0.39, 0.29) is 24.3 Å². The molecule has 0 spiro atoms. The highest BCUT2D eigenvalue weighted by molar-refractivity contribution is 5.88. The van der Waals surface area contributed by atoms with E-state index in [1.165, 1.54) is 6.08 Å². The number of carbonyl (C=O) groups excluding carboxylic acids is 3. The Morgan fingerprint density at radius 3 is 1.92 bits per heavy atom. The number of amides is 3. The largest absolute Gasteiger partial charge is 0.444 e. The topological polar surface area (TPSA) is 87.7 Å². The number of alkyl carbamates (subject to hydrolysis) is 1. The number of carbonyl (C=O) groups is 3. The molecule has 0 aliphatic rings. The molecule has 2 rings (SSSR count). The fraction of sp³-hybridized carbons (Fsp3) is 0.414. The smallest absolute Gasteiger partial charge is 0.408 e. The lowest BCUT2D eigenvalue weighted by Crippen LogP contribution is -2.48. The molecular weight excluding hydrogens is 454 g/mol. The fourth-order valence-electron chi connectivity index (χ4n) is 3.52. The van der Waals surface area contributed by atoms with Gasteiger partial charge in [-0.1, -0.05) is 80.6 Å². The van der Waals surface area contributed by atoms with Crippen LogP contribution < -0.4 is 10.6 Å². The minimum absolute atomic E-state index is 0.150. The summed E-state index contributed by atoms with van der Waals surface area (Å²) in [5.74, 6) is -0.281. The van der Waals surface area contributed by atoms with Crippen LogP contribution in [0.1, 0.15) is 52.2 Å². The number of ether oxygens (including phenoxy) is 1. The normalized spacial score (nSPS) is 12.3. The SMILES string of the molecule is CC(C)CC(NC(=O)OC(C)(C)C)C(=O)NCC=CC(=O)N(Cc1ccccc1)Cc1ccccc1. The van der Waals surface area contributed by atoms with E-state index < -0.39 is 17.7 Å². The van der Waals surface area contributed by atoms with E-state index in [1.54, 1.807) is 31.7 Å². The Labute approximate surface area is 214 Å². The Bertz CT molecular complexity index is 957. The maximum absolute atomic E-state index is 13.0. The molecule has 2 aromatic carbocycles. The second kappa shape index (κ2) is 14.1. The average molecular weight is 494 g/mol. The van der Waals surface area contributed by atoms with Gasteiger partial charge in [0.05, 0.1) is 0 Å². The summed E-state index contributed by atoms with van der Waals surface area (Å²) in [4.78, 5) is 39.7. The van der Waals surface area contributed by atoms with Crippen molar-refractivity contribution in [2.75, 3.05) is 6.54 Å². The van der Waals surface area contributed by atoms with Crippen LogP contribution >= 0.6 is 0 Å². The zero-order chi connectivity index (χ0) is 26.6. The van der Waals surface area contributed by atoms with Crippen LogP contribution in [0.4, 0.5) is 4.79 Å². The van der Waals surface area contributed by atoms with Gasteiger partial charge < -0.3 is 20.3 Å². The number of nitrogens with one attached hydrogen (secondary N) is 2. The van der Waals surface area contributed by atoms with Crippen molar-refractivity contribution in [1.29, 1.82) is 0 Å². The first kappa shape index (κ1) is 28.6. The molecule has 1 atom stereocenters. The van der Waals surface area contributed by atoms with Crippen LogP contribution in [0.25, 0.3) is 0 Å². The van der Waals surface area contributed by atoms with Crippen LogP contribution in [-0.2, 0) is 27.4 Å². The summed E-state index contributed by atoms with van der Waals surface area (Å²) < 4.78 is 5.29. The van der Waals surface area contributed by atoms with Gasteiger partial charge in [-0.25, -0.2) is 4.79 Å². The highest BCUT2D eigenvalue weighted by atomic mass is 16.6. The van der Waals surface area contributed by atoms with Gasteiger partial charge in [0.25, 0.3) is 0 Å². The minimum Gasteiger partial charge on any atom is -0.444 e. The molecule has 0 saturated heterocycles. The molecule has 0 heterocycles. The highest BCUT2D eigenvalue weighted by Crippen LogP contribution is 2.12. The maximum atomic E-state index is 13.0. The lowest BCUT2D eigenvalue weighted by molar-refractivity contribution is -0.127. The van der Waals surface area contributed by atoms with Crippen molar-refractivity contribution in [1.82, 2.24) is 15.5 Å². The second-order valence-corrected chi connectivity index (χ2v) is 10.1. The van der Waals surface area contributed by atoms with Crippen LogP contribution in [0.2, 0.25) is 0 Å². The predicted octanol–water partition coefficient (Wildman–Crippen LogP) is 4.83. The van der Waals surface area contributed by atoms with E-state index in [0.717, 1.165) is 11.1 Å². The quantitative estimate of drug-likeness (QED) is 0.439. The van der Waals surface area contributed by atoms with Gasteiger partial charge >= 0.3 is 6.09 Å². The van der Waals surface area contributed by atoms with Crippen molar-refractivity contribution in [3.8, 4) is 0 Å². The summed E-state index contributed by atoms with van der Waals surface area (Å²) in [6.45, 7) is 10.4. The van der Waals surface area contributed by atoms with Crippen LogP contribution in [0.15, 0.2) is 72.8 Å². The second-order valence-electron chi connectivity index (χ2n) is 10.1. The molecule has 0 saturated carbocycles. The van der Waals surface area contributed by atoms with Gasteiger partial charge in [-0.15, -0.1) is 0 Å². The fourth-order valence-corrected chi connectivity index (χ4v) is 3.52. The number of benzene rings is 2. The molecule has 7 nitrogen and oxygen atoms in total. The molecule has 2 aromatic rings. The number of nitrogens with zero attached hydrogens (tertiary/aromatic N) is 1. The third kappa shape index (κ3) is 11.2. The van der Waals surface area contributed by atoms with Crippen molar-refractivity contribution in [3.05, 3.63) is 83.9 Å². The summed E-state index contributed by atoms with van der Waals surface area (Å²) >= 11 is 0. The Kier molecular flexibility index (Phi) is 11.2. The molecule has 0 aliphatic heterocycles. The van der Waals surface area contributed by atoms with E-state index in [1.807, 2.05) is 74.5 Å². The predicted molar refractivity (Wildman–Crippen MR) is 142 cm³/mol.